The van der Waals surface area contributed by atoms with Gasteiger partial charge in [-0.15, -0.1) is 0 Å². The van der Waals surface area contributed by atoms with E-state index < -0.39 is 12.2 Å². The number of aliphatic hydroxyl groups is 2. The average molecular weight is 258 g/mol. The Morgan fingerprint density at radius 2 is 1.53 bits per heavy atom. The molecule has 3 nitrogen and oxygen atoms in total. The van der Waals surface area contributed by atoms with E-state index in [1.54, 1.807) is 13.8 Å². The number of hydrogen-bond acceptors (Lipinski definition) is 3. The van der Waals surface area contributed by atoms with Gasteiger partial charge in [-0.3, -0.25) is 4.90 Å². The fourth-order valence-electron chi connectivity index (χ4n) is 1.80. The Morgan fingerprint density at radius 1 is 1.06 bits per heavy atom. The molecule has 0 radical (unpaired) electrons. The van der Waals surface area contributed by atoms with E-state index in [1.807, 2.05) is 29.2 Å². The van der Waals surface area contributed by atoms with Crippen LogP contribution in [0.4, 0.5) is 0 Å². The van der Waals surface area contributed by atoms with Gasteiger partial charge in [-0.25, -0.2) is 0 Å². The van der Waals surface area contributed by atoms with Crippen LogP contribution >= 0.6 is 11.6 Å². The third-order valence-electron chi connectivity index (χ3n) is 2.36. The minimum atomic E-state index is -0.402. The topological polar surface area (TPSA) is 43.7 Å². The number of halogens is 1. The molecule has 0 aromatic heterocycles. The first kappa shape index (κ1) is 14.5. The average Bonchev–Trinajstić information content (AvgIpc) is 2.19. The molecule has 0 spiro atoms. The first-order valence-corrected chi connectivity index (χ1v) is 6.18. The lowest BCUT2D eigenvalue weighted by molar-refractivity contribution is 0.0794. The quantitative estimate of drug-likeness (QED) is 0.818. The Labute approximate surface area is 108 Å². The van der Waals surface area contributed by atoms with Gasteiger partial charge in [-0.2, -0.15) is 0 Å². The smallest absolute Gasteiger partial charge is 0.0639 e. The molecule has 2 N–H and O–H groups in total. The summed E-state index contributed by atoms with van der Waals surface area (Å²) in [6.07, 6.45) is -0.804. The van der Waals surface area contributed by atoms with Crippen LogP contribution in [-0.2, 0) is 6.54 Å². The van der Waals surface area contributed by atoms with Gasteiger partial charge in [0.25, 0.3) is 0 Å². The predicted molar refractivity (Wildman–Crippen MR) is 70.1 cm³/mol. The number of nitrogens with zero attached hydrogens (tertiary/aromatic N) is 1. The maximum atomic E-state index is 9.41. The zero-order valence-corrected chi connectivity index (χ0v) is 11.1. The summed E-state index contributed by atoms with van der Waals surface area (Å²) < 4.78 is 0. The molecule has 0 saturated carbocycles. The van der Waals surface area contributed by atoms with Crippen molar-refractivity contribution in [1.82, 2.24) is 4.90 Å². The van der Waals surface area contributed by atoms with Gasteiger partial charge in [0.05, 0.1) is 12.2 Å². The maximum absolute atomic E-state index is 9.41. The number of rotatable bonds is 6. The maximum Gasteiger partial charge on any atom is 0.0639 e. The van der Waals surface area contributed by atoms with Gasteiger partial charge >= 0.3 is 0 Å². The summed E-state index contributed by atoms with van der Waals surface area (Å²) >= 11 is 5.82. The van der Waals surface area contributed by atoms with Crippen LogP contribution < -0.4 is 0 Å². The van der Waals surface area contributed by atoms with E-state index in [1.165, 1.54) is 0 Å². The molecule has 0 heterocycles. The van der Waals surface area contributed by atoms with E-state index in [-0.39, 0.29) is 0 Å². The summed E-state index contributed by atoms with van der Waals surface area (Å²) in [5.41, 5.74) is 1.12. The summed E-state index contributed by atoms with van der Waals surface area (Å²) in [5, 5.41) is 19.5. The van der Waals surface area contributed by atoms with Crippen molar-refractivity contribution >= 4 is 11.6 Å². The van der Waals surface area contributed by atoms with Crippen molar-refractivity contribution in [2.45, 2.75) is 32.6 Å². The largest absolute Gasteiger partial charge is 0.392 e. The second kappa shape index (κ2) is 6.97. The Morgan fingerprint density at radius 3 is 1.94 bits per heavy atom. The van der Waals surface area contributed by atoms with Gasteiger partial charge in [-0.1, -0.05) is 23.7 Å². The molecule has 0 fully saturated rings. The van der Waals surface area contributed by atoms with Gasteiger partial charge in [0.2, 0.25) is 0 Å². The van der Waals surface area contributed by atoms with Gasteiger partial charge in [0, 0.05) is 24.7 Å². The normalized spacial score (nSPS) is 14.9. The predicted octanol–water partition coefficient (Wildman–Crippen LogP) is 1.90. The van der Waals surface area contributed by atoms with E-state index in [9.17, 15) is 10.2 Å². The second-order valence-electron chi connectivity index (χ2n) is 4.52. The Hall–Kier alpha value is -0.610. The molecule has 4 heteroatoms. The zero-order valence-electron chi connectivity index (χ0n) is 10.3. The lowest BCUT2D eigenvalue weighted by Gasteiger charge is -2.25. The molecule has 0 aliphatic carbocycles. The molecule has 2 atom stereocenters. The minimum absolute atomic E-state index is 0.402. The number of aliphatic hydroxyl groups excluding tert-OH is 2. The van der Waals surface area contributed by atoms with Crippen molar-refractivity contribution in [1.29, 1.82) is 0 Å². The Kier molecular flexibility index (Phi) is 5.92. The summed E-state index contributed by atoms with van der Waals surface area (Å²) in [7, 11) is 0. The van der Waals surface area contributed by atoms with Crippen LogP contribution in [0.1, 0.15) is 19.4 Å². The third-order valence-corrected chi connectivity index (χ3v) is 2.62. The summed E-state index contributed by atoms with van der Waals surface area (Å²) in [5.74, 6) is 0. The van der Waals surface area contributed by atoms with E-state index in [4.69, 9.17) is 11.6 Å². The zero-order chi connectivity index (χ0) is 12.8. The molecule has 0 saturated heterocycles. The highest BCUT2D eigenvalue weighted by molar-refractivity contribution is 6.30. The molecule has 1 rings (SSSR count). The van der Waals surface area contributed by atoms with Crippen LogP contribution in [0.3, 0.4) is 0 Å². The van der Waals surface area contributed by atoms with Gasteiger partial charge in [-0.05, 0) is 31.5 Å². The van der Waals surface area contributed by atoms with Gasteiger partial charge in [0.1, 0.15) is 0 Å². The number of hydrogen-bond donors (Lipinski definition) is 2. The van der Waals surface area contributed by atoms with E-state index in [0.29, 0.717) is 24.7 Å². The lowest BCUT2D eigenvalue weighted by atomic mass is 10.2. The molecule has 17 heavy (non-hydrogen) atoms. The van der Waals surface area contributed by atoms with Crippen LogP contribution in [0.15, 0.2) is 24.3 Å². The Bertz CT molecular complexity index is 315. The lowest BCUT2D eigenvalue weighted by Crippen LogP contribution is -2.35. The third kappa shape index (κ3) is 6.03. The Balaban J connectivity index is 2.61. The molecule has 1 aromatic carbocycles. The molecule has 0 bridgehead atoms. The highest BCUT2D eigenvalue weighted by Crippen LogP contribution is 2.12. The van der Waals surface area contributed by atoms with E-state index in [0.717, 1.165) is 5.56 Å². The standard InChI is InChI=1S/C13H20ClNO2/c1-10(16)7-15(8-11(2)17)9-12-3-5-13(14)6-4-12/h3-6,10-11,16-17H,7-9H2,1-2H3/t10-,11-/m0/s1. The molecule has 0 amide bonds. The van der Waals surface area contributed by atoms with Crippen LogP contribution in [-0.4, -0.2) is 40.4 Å². The monoisotopic (exact) mass is 257 g/mol. The molecule has 0 aliphatic heterocycles. The SMILES string of the molecule is C[C@H](O)CN(Cc1ccc(Cl)cc1)C[C@H](C)O. The number of benzene rings is 1. The van der Waals surface area contributed by atoms with Crippen molar-refractivity contribution in [3.05, 3.63) is 34.9 Å². The van der Waals surface area contributed by atoms with E-state index in [2.05, 4.69) is 0 Å². The first-order chi connectivity index (χ1) is 7.97. The van der Waals surface area contributed by atoms with Crippen molar-refractivity contribution in [3.63, 3.8) is 0 Å². The van der Waals surface area contributed by atoms with E-state index >= 15 is 0 Å². The summed E-state index contributed by atoms with van der Waals surface area (Å²) in [4.78, 5) is 2.03. The molecular weight excluding hydrogens is 238 g/mol. The van der Waals surface area contributed by atoms with Crippen molar-refractivity contribution < 1.29 is 10.2 Å². The van der Waals surface area contributed by atoms with Crippen molar-refractivity contribution in [3.8, 4) is 0 Å². The summed E-state index contributed by atoms with van der Waals surface area (Å²) in [6, 6.07) is 7.61. The highest BCUT2D eigenvalue weighted by atomic mass is 35.5. The van der Waals surface area contributed by atoms with Gasteiger partial charge < -0.3 is 10.2 Å². The van der Waals surface area contributed by atoms with Crippen LogP contribution in [0.25, 0.3) is 0 Å². The second-order valence-corrected chi connectivity index (χ2v) is 4.96. The molecule has 1 aromatic rings. The van der Waals surface area contributed by atoms with Crippen LogP contribution in [0, 0.1) is 0 Å². The van der Waals surface area contributed by atoms with Crippen LogP contribution in [0.2, 0.25) is 5.02 Å². The highest BCUT2D eigenvalue weighted by Gasteiger charge is 2.11. The summed E-state index contributed by atoms with van der Waals surface area (Å²) in [6.45, 7) is 5.29. The van der Waals surface area contributed by atoms with Crippen molar-refractivity contribution in [2.75, 3.05) is 13.1 Å². The molecule has 96 valence electrons. The van der Waals surface area contributed by atoms with Crippen LogP contribution in [0.5, 0.6) is 0 Å². The molecule has 0 aliphatic rings. The fourth-order valence-corrected chi connectivity index (χ4v) is 1.92. The molecular formula is C13H20ClNO2. The molecule has 0 unspecified atom stereocenters. The van der Waals surface area contributed by atoms with Crippen molar-refractivity contribution in [2.24, 2.45) is 0 Å². The fraction of sp³-hybridized carbons (Fsp3) is 0.538. The van der Waals surface area contributed by atoms with Gasteiger partial charge in [0.15, 0.2) is 0 Å². The minimum Gasteiger partial charge on any atom is -0.392 e. The first-order valence-electron chi connectivity index (χ1n) is 5.80.